The number of quaternary nitrogens is 1. The van der Waals surface area contributed by atoms with Crippen molar-refractivity contribution < 1.29 is 9.69 Å². The maximum Gasteiger partial charge on any atom is 0.254 e. The summed E-state index contributed by atoms with van der Waals surface area (Å²) in [5.74, 6) is 0.131. The molecule has 3 nitrogen and oxygen atoms in total. The lowest BCUT2D eigenvalue weighted by molar-refractivity contribution is -0.929. The molecular formula is C25H26ClN2O+. The third kappa shape index (κ3) is 4.52. The van der Waals surface area contributed by atoms with Crippen molar-refractivity contribution in [3.8, 4) is 0 Å². The Kier molecular flexibility index (Phi) is 5.98. The predicted octanol–water partition coefficient (Wildman–Crippen LogP) is 3.78. The molecule has 1 fully saturated rings. The summed E-state index contributed by atoms with van der Waals surface area (Å²) in [5, 5.41) is 0.754. The average molecular weight is 406 g/mol. The topological polar surface area (TPSA) is 24.8 Å². The van der Waals surface area contributed by atoms with Crippen LogP contribution >= 0.6 is 11.6 Å². The summed E-state index contributed by atoms with van der Waals surface area (Å²) < 4.78 is 0. The van der Waals surface area contributed by atoms with Crippen LogP contribution in [0.5, 0.6) is 0 Å². The van der Waals surface area contributed by atoms with Crippen LogP contribution in [0, 0.1) is 6.92 Å². The number of amides is 1. The number of carbonyl (C=O) groups is 1. The van der Waals surface area contributed by atoms with E-state index in [0.717, 1.165) is 36.8 Å². The Bertz CT molecular complexity index is 946. The molecule has 0 aromatic heterocycles. The summed E-state index contributed by atoms with van der Waals surface area (Å²) >= 11 is 6.12. The summed E-state index contributed by atoms with van der Waals surface area (Å²) in [6.07, 6.45) is 0. The molecule has 0 saturated carbocycles. The minimum Gasteiger partial charge on any atom is -0.327 e. The first kappa shape index (κ1) is 19.7. The van der Waals surface area contributed by atoms with Gasteiger partial charge in [0.25, 0.3) is 5.91 Å². The molecule has 0 unspecified atom stereocenters. The van der Waals surface area contributed by atoms with Gasteiger partial charge in [-0.15, -0.1) is 0 Å². The van der Waals surface area contributed by atoms with Crippen molar-refractivity contribution in [2.75, 3.05) is 26.2 Å². The maximum atomic E-state index is 12.9. The first-order chi connectivity index (χ1) is 14.1. The van der Waals surface area contributed by atoms with E-state index in [1.54, 1.807) is 0 Å². The van der Waals surface area contributed by atoms with E-state index in [1.807, 2.05) is 48.2 Å². The summed E-state index contributed by atoms with van der Waals surface area (Å²) in [6, 6.07) is 26.9. The maximum absolute atomic E-state index is 12.9. The quantitative estimate of drug-likeness (QED) is 0.702. The number of aryl methyl sites for hydroxylation is 1. The number of hydrogen-bond donors (Lipinski definition) is 1. The molecule has 1 amide bonds. The van der Waals surface area contributed by atoms with Gasteiger partial charge in [0, 0.05) is 21.7 Å². The lowest BCUT2D eigenvalue weighted by Crippen LogP contribution is -3.15. The van der Waals surface area contributed by atoms with Crippen molar-refractivity contribution in [2.24, 2.45) is 0 Å². The number of carbonyl (C=O) groups excluding carboxylic acids is 1. The summed E-state index contributed by atoms with van der Waals surface area (Å²) in [6.45, 7) is 5.40. The van der Waals surface area contributed by atoms with Crippen molar-refractivity contribution in [3.05, 3.63) is 106 Å². The van der Waals surface area contributed by atoms with Crippen molar-refractivity contribution >= 4 is 17.5 Å². The molecule has 1 heterocycles. The molecule has 29 heavy (non-hydrogen) atoms. The number of benzene rings is 3. The minimum atomic E-state index is 0.131. The Labute approximate surface area is 177 Å². The third-order valence-corrected chi connectivity index (χ3v) is 5.99. The Balaban J connectivity index is 1.51. The number of hydrogen-bond acceptors (Lipinski definition) is 1. The molecule has 0 bridgehead atoms. The molecule has 1 aliphatic heterocycles. The van der Waals surface area contributed by atoms with Gasteiger partial charge in [-0.05, 0) is 31.2 Å². The highest BCUT2D eigenvalue weighted by atomic mass is 35.5. The lowest BCUT2D eigenvalue weighted by atomic mass is 9.96. The fourth-order valence-electron chi connectivity index (χ4n) is 4.13. The number of nitrogens with one attached hydrogen (secondary N) is 1. The first-order valence-electron chi connectivity index (χ1n) is 10.1. The SMILES string of the molecule is Cc1ccc(C(=O)N2CC[NH+]([C@H](c3ccccc3)c3ccc(Cl)cc3)CC2)cc1. The van der Waals surface area contributed by atoms with E-state index in [-0.39, 0.29) is 11.9 Å². The summed E-state index contributed by atoms with van der Waals surface area (Å²) in [7, 11) is 0. The van der Waals surface area contributed by atoms with Crippen molar-refractivity contribution in [3.63, 3.8) is 0 Å². The van der Waals surface area contributed by atoms with Gasteiger partial charge < -0.3 is 9.80 Å². The van der Waals surface area contributed by atoms with Gasteiger partial charge in [0.15, 0.2) is 0 Å². The Morgan fingerprint density at radius 1 is 0.862 bits per heavy atom. The molecule has 4 heteroatoms. The molecule has 0 aliphatic carbocycles. The molecule has 1 saturated heterocycles. The Hall–Kier alpha value is -2.62. The van der Waals surface area contributed by atoms with Crippen LogP contribution in [0.3, 0.4) is 0 Å². The smallest absolute Gasteiger partial charge is 0.254 e. The Morgan fingerprint density at radius 2 is 1.45 bits per heavy atom. The van der Waals surface area contributed by atoms with Crippen LogP contribution in [0.15, 0.2) is 78.9 Å². The molecule has 4 rings (SSSR count). The number of halogens is 1. The van der Waals surface area contributed by atoms with Crippen LogP contribution < -0.4 is 4.90 Å². The van der Waals surface area contributed by atoms with Gasteiger partial charge in [-0.25, -0.2) is 0 Å². The standard InChI is InChI=1S/C25H25ClN2O/c1-19-7-9-22(10-8-19)25(29)28-17-15-27(16-18-28)24(20-5-3-2-4-6-20)21-11-13-23(26)14-12-21/h2-14,24H,15-18H2,1H3/p+1/t24-/m1/s1. The number of piperazine rings is 1. The van der Waals surface area contributed by atoms with Gasteiger partial charge in [0.1, 0.15) is 6.04 Å². The molecule has 1 atom stereocenters. The highest BCUT2D eigenvalue weighted by molar-refractivity contribution is 6.30. The molecule has 0 radical (unpaired) electrons. The first-order valence-corrected chi connectivity index (χ1v) is 10.5. The van der Waals surface area contributed by atoms with Crippen molar-refractivity contribution in [1.29, 1.82) is 0 Å². The summed E-state index contributed by atoms with van der Waals surface area (Å²) in [5.41, 5.74) is 4.50. The van der Waals surface area contributed by atoms with Crippen LogP contribution in [0.2, 0.25) is 5.02 Å². The second-order valence-electron chi connectivity index (χ2n) is 7.71. The van der Waals surface area contributed by atoms with E-state index < -0.39 is 0 Å². The molecule has 3 aromatic rings. The van der Waals surface area contributed by atoms with E-state index in [4.69, 9.17) is 11.6 Å². The molecular weight excluding hydrogens is 380 g/mol. The second kappa shape index (κ2) is 8.81. The fraction of sp³-hybridized carbons (Fsp3) is 0.240. The van der Waals surface area contributed by atoms with E-state index in [0.29, 0.717) is 0 Å². The predicted molar refractivity (Wildman–Crippen MR) is 118 cm³/mol. The zero-order valence-electron chi connectivity index (χ0n) is 16.6. The minimum absolute atomic E-state index is 0.131. The van der Waals surface area contributed by atoms with Gasteiger partial charge in [0.2, 0.25) is 0 Å². The van der Waals surface area contributed by atoms with E-state index in [1.165, 1.54) is 21.6 Å². The van der Waals surface area contributed by atoms with Gasteiger partial charge in [-0.3, -0.25) is 4.79 Å². The van der Waals surface area contributed by atoms with Crippen LogP contribution in [0.25, 0.3) is 0 Å². The number of rotatable bonds is 4. The van der Waals surface area contributed by atoms with E-state index >= 15 is 0 Å². The normalized spacial score (nSPS) is 15.9. The van der Waals surface area contributed by atoms with Gasteiger partial charge >= 0.3 is 0 Å². The lowest BCUT2D eigenvalue weighted by Gasteiger charge is -2.37. The van der Waals surface area contributed by atoms with E-state index in [9.17, 15) is 4.79 Å². The van der Waals surface area contributed by atoms with Crippen LogP contribution in [-0.2, 0) is 0 Å². The average Bonchev–Trinajstić information content (AvgIpc) is 2.77. The zero-order chi connectivity index (χ0) is 20.2. The van der Waals surface area contributed by atoms with E-state index in [2.05, 4.69) is 42.5 Å². The third-order valence-electron chi connectivity index (χ3n) is 5.74. The second-order valence-corrected chi connectivity index (χ2v) is 8.15. The molecule has 1 aliphatic rings. The molecule has 1 N–H and O–H groups in total. The van der Waals surface area contributed by atoms with Gasteiger partial charge in [0.05, 0.1) is 26.2 Å². The van der Waals surface area contributed by atoms with Gasteiger partial charge in [-0.2, -0.15) is 0 Å². The van der Waals surface area contributed by atoms with Crippen molar-refractivity contribution in [2.45, 2.75) is 13.0 Å². The largest absolute Gasteiger partial charge is 0.327 e. The molecule has 0 spiro atoms. The highest BCUT2D eigenvalue weighted by Gasteiger charge is 2.31. The molecule has 3 aromatic carbocycles. The summed E-state index contributed by atoms with van der Waals surface area (Å²) in [4.78, 5) is 16.3. The van der Waals surface area contributed by atoms with Crippen LogP contribution in [0.4, 0.5) is 0 Å². The Morgan fingerprint density at radius 3 is 2.07 bits per heavy atom. The zero-order valence-corrected chi connectivity index (χ0v) is 17.4. The molecule has 148 valence electrons. The number of nitrogens with zero attached hydrogens (tertiary/aromatic N) is 1. The fourth-order valence-corrected chi connectivity index (χ4v) is 4.25. The van der Waals surface area contributed by atoms with Crippen molar-refractivity contribution in [1.82, 2.24) is 4.90 Å². The highest BCUT2D eigenvalue weighted by Crippen LogP contribution is 2.21. The van der Waals surface area contributed by atoms with Crippen LogP contribution in [-0.4, -0.2) is 37.0 Å². The van der Waals surface area contributed by atoms with Gasteiger partial charge in [-0.1, -0.05) is 71.8 Å². The van der Waals surface area contributed by atoms with Crippen LogP contribution in [0.1, 0.15) is 33.1 Å². The monoisotopic (exact) mass is 405 g/mol.